The number of fused-ring (bicyclic) bond motifs is 3. The van der Waals surface area contributed by atoms with Gasteiger partial charge in [-0.05, 0) is 37.7 Å². The van der Waals surface area contributed by atoms with Crippen LogP contribution in [0.2, 0.25) is 0 Å². The molecule has 1 N–H and O–H groups in total. The van der Waals surface area contributed by atoms with Crippen molar-refractivity contribution < 1.29 is 14.3 Å². The maximum absolute atomic E-state index is 12.8. The van der Waals surface area contributed by atoms with Crippen molar-refractivity contribution in [2.75, 3.05) is 20.2 Å². The highest BCUT2D eigenvalue weighted by atomic mass is 16.5. The van der Waals surface area contributed by atoms with Crippen LogP contribution in [0.4, 0.5) is 4.79 Å². The molecule has 1 aromatic heterocycles. The zero-order valence-corrected chi connectivity index (χ0v) is 19.4. The van der Waals surface area contributed by atoms with Gasteiger partial charge in [0.15, 0.2) is 0 Å². The molecule has 32 heavy (non-hydrogen) atoms. The lowest BCUT2D eigenvalue weighted by Crippen LogP contribution is -2.43. The van der Waals surface area contributed by atoms with Gasteiger partial charge in [-0.25, -0.2) is 4.79 Å². The van der Waals surface area contributed by atoms with Crippen LogP contribution in [0.15, 0.2) is 24.3 Å². The second-order valence-electron chi connectivity index (χ2n) is 9.35. The van der Waals surface area contributed by atoms with Crippen molar-refractivity contribution in [3.05, 3.63) is 35.5 Å². The number of benzene rings is 1. The Labute approximate surface area is 191 Å². The second kappa shape index (κ2) is 10.9. The molecule has 6 nitrogen and oxygen atoms in total. The SMILES string of the molecule is COC(=O)CCCCCCNC(=O)N1CCc2c(c3ccccc3n2CC2CCCC2)C1. The molecule has 0 spiro atoms. The summed E-state index contributed by atoms with van der Waals surface area (Å²) >= 11 is 0. The number of nitrogens with one attached hydrogen (secondary N) is 1. The van der Waals surface area contributed by atoms with Crippen molar-refractivity contribution >= 4 is 22.9 Å². The molecule has 0 atom stereocenters. The molecule has 0 radical (unpaired) electrons. The maximum atomic E-state index is 12.8. The average Bonchev–Trinajstić information content (AvgIpc) is 3.45. The fourth-order valence-electron chi connectivity index (χ4n) is 5.39. The Morgan fingerprint density at radius 2 is 1.88 bits per heavy atom. The van der Waals surface area contributed by atoms with E-state index in [4.69, 9.17) is 0 Å². The number of carbonyl (C=O) groups is 2. The molecule has 1 aromatic carbocycles. The summed E-state index contributed by atoms with van der Waals surface area (Å²) in [5, 5.41) is 4.41. The summed E-state index contributed by atoms with van der Waals surface area (Å²) in [4.78, 5) is 25.9. The Morgan fingerprint density at radius 3 is 2.69 bits per heavy atom. The number of methoxy groups -OCH3 is 1. The Bertz CT molecular complexity index is 930. The lowest BCUT2D eigenvalue weighted by atomic mass is 10.0. The van der Waals surface area contributed by atoms with E-state index in [1.165, 1.54) is 55.0 Å². The maximum Gasteiger partial charge on any atom is 0.317 e. The summed E-state index contributed by atoms with van der Waals surface area (Å²) < 4.78 is 7.22. The minimum Gasteiger partial charge on any atom is -0.469 e. The lowest BCUT2D eigenvalue weighted by molar-refractivity contribution is -0.140. The van der Waals surface area contributed by atoms with E-state index in [0.717, 1.165) is 51.1 Å². The van der Waals surface area contributed by atoms with Gasteiger partial charge in [-0.3, -0.25) is 4.79 Å². The van der Waals surface area contributed by atoms with Gasteiger partial charge >= 0.3 is 12.0 Å². The van der Waals surface area contributed by atoms with E-state index < -0.39 is 0 Å². The molecular weight excluding hydrogens is 402 g/mol. The van der Waals surface area contributed by atoms with Crippen molar-refractivity contribution in [2.24, 2.45) is 5.92 Å². The summed E-state index contributed by atoms with van der Waals surface area (Å²) in [7, 11) is 1.43. The van der Waals surface area contributed by atoms with Crippen LogP contribution >= 0.6 is 0 Å². The predicted octanol–water partition coefficient (Wildman–Crippen LogP) is 5.02. The van der Waals surface area contributed by atoms with Gasteiger partial charge in [-0.2, -0.15) is 0 Å². The summed E-state index contributed by atoms with van der Waals surface area (Å²) in [6.45, 7) is 3.28. The number of hydrogen-bond acceptors (Lipinski definition) is 3. The second-order valence-corrected chi connectivity index (χ2v) is 9.35. The summed E-state index contributed by atoms with van der Waals surface area (Å²) in [6.07, 6.45) is 10.6. The van der Waals surface area contributed by atoms with E-state index in [1.54, 1.807) is 0 Å². The number of carbonyl (C=O) groups excluding carboxylic acids is 2. The van der Waals surface area contributed by atoms with Crippen LogP contribution in [-0.4, -0.2) is 41.7 Å². The van der Waals surface area contributed by atoms with E-state index in [0.29, 0.717) is 19.5 Å². The van der Waals surface area contributed by atoms with Gasteiger partial charge in [0.05, 0.1) is 7.11 Å². The Balaban J connectivity index is 1.31. The normalized spacial score (nSPS) is 16.3. The number of ether oxygens (including phenoxy) is 1. The minimum atomic E-state index is -0.146. The topological polar surface area (TPSA) is 63.6 Å². The summed E-state index contributed by atoms with van der Waals surface area (Å²) in [6, 6.07) is 8.75. The van der Waals surface area contributed by atoms with E-state index in [1.807, 2.05) is 4.90 Å². The molecule has 1 aliphatic heterocycles. The summed E-state index contributed by atoms with van der Waals surface area (Å²) in [5.41, 5.74) is 4.11. The van der Waals surface area contributed by atoms with Crippen LogP contribution < -0.4 is 5.32 Å². The monoisotopic (exact) mass is 439 g/mol. The Hall–Kier alpha value is -2.50. The number of nitrogens with zero attached hydrogens (tertiary/aromatic N) is 2. The highest BCUT2D eigenvalue weighted by Gasteiger charge is 2.27. The third-order valence-electron chi connectivity index (χ3n) is 7.18. The van der Waals surface area contributed by atoms with Crippen molar-refractivity contribution in [3.63, 3.8) is 0 Å². The van der Waals surface area contributed by atoms with E-state index in [9.17, 15) is 9.59 Å². The molecule has 0 bridgehead atoms. The van der Waals surface area contributed by atoms with Gasteiger partial charge in [0.1, 0.15) is 0 Å². The molecule has 0 unspecified atom stereocenters. The fraction of sp³-hybridized carbons (Fsp3) is 0.615. The van der Waals surface area contributed by atoms with Crippen LogP contribution in [0.1, 0.15) is 69.0 Å². The standard InChI is InChI=1S/C26H37N3O3/c1-32-25(30)14-4-2-3-9-16-27-26(31)28-17-15-24-22(19-28)21-12-7-8-13-23(21)29(24)18-20-10-5-6-11-20/h7-8,12-13,20H,2-6,9-11,14-19H2,1H3,(H,27,31). The molecule has 2 heterocycles. The van der Waals surface area contributed by atoms with Crippen LogP contribution in [-0.2, 0) is 29.0 Å². The molecule has 6 heteroatoms. The molecule has 2 aliphatic rings. The number of hydrogen-bond donors (Lipinski definition) is 1. The number of aromatic nitrogens is 1. The van der Waals surface area contributed by atoms with E-state index in [2.05, 4.69) is 38.9 Å². The van der Waals surface area contributed by atoms with Gasteiger partial charge in [-0.1, -0.05) is 43.9 Å². The van der Waals surface area contributed by atoms with Gasteiger partial charge in [0.2, 0.25) is 0 Å². The Kier molecular flexibility index (Phi) is 7.72. The smallest absolute Gasteiger partial charge is 0.317 e. The summed E-state index contributed by atoms with van der Waals surface area (Å²) in [5.74, 6) is 0.649. The largest absolute Gasteiger partial charge is 0.469 e. The van der Waals surface area contributed by atoms with E-state index >= 15 is 0 Å². The number of para-hydroxylation sites is 1. The third-order valence-corrected chi connectivity index (χ3v) is 7.18. The quantitative estimate of drug-likeness (QED) is 0.441. The van der Waals surface area contributed by atoms with E-state index in [-0.39, 0.29) is 12.0 Å². The third kappa shape index (κ3) is 5.28. The van der Waals surface area contributed by atoms with Crippen LogP contribution in [0.5, 0.6) is 0 Å². The zero-order chi connectivity index (χ0) is 22.3. The first kappa shape index (κ1) is 22.7. The highest BCUT2D eigenvalue weighted by molar-refractivity contribution is 5.86. The number of esters is 1. The first-order chi connectivity index (χ1) is 15.7. The predicted molar refractivity (Wildman–Crippen MR) is 127 cm³/mol. The number of urea groups is 1. The molecule has 1 fully saturated rings. The first-order valence-electron chi connectivity index (χ1n) is 12.4. The van der Waals surface area contributed by atoms with Gasteiger partial charge in [0.25, 0.3) is 0 Å². The number of rotatable bonds is 9. The molecule has 2 amide bonds. The first-order valence-corrected chi connectivity index (χ1v) is 12.4. The molecule has 2 aromatic rings. The molecule has 1 aliphatic carbocycles. The van der Waals surface area contributed by atoms with Crippen molar-refractivity contribution in [3.8, 4) is 0 Å². The molecule has 0 saturated heterocycles. The van der Waals surface area contributed by atoms with Gasteiger partial charge < -0.3 is 19.5 Å². The fourth-order valence-corrected chi connectivity index (χ4v) is 5.39. The van der Waals surface area contributed by atoms with Crippen molar-refractivity contribution in [1.29, 1.82) is 0 Å². The van der Waals surface area contributed by atoms with Crippen LogP contribution in [0.25, 0.3) is 10.9 Å². The van der Waals surface area contributed by atoms with Crippen LogP contribution in [0, 0.1) is 5.92 Å². The van der Waals surface area contributed by atoms with Crippen molar-refractivity contribution in [1.82, 2.24) is 14.8 Å². The molecule has 4 rings (SSSR count). The molecular formula is C26H37N3O3. The highest BCUT2D eigenvalue weighted by Crippen LogP contribution is 2.34. The Morgan fingerprint density at radius 1 is 1.09 bits per heavy atom. The van der Waals surface area contributed by atoms with Crippen LogP contribution in [0.3, 0.4) is 0 Å². The van der Waals surface area contributed by atoms with Crippen molar-refractivity contribution in [2.45, 2.75) is 77.3 Å². The molecule has 1 saturated carbocycles. The molecule has 174 valence electrons. The number of amides is 2. The van der Waals surface area contributed by atoms with Gasteiger partial charge in [0, 0.05) is 61.2 Å². The zero-order valence-electron chi connectivity index (χ0n) is 19.4. The number of unbranched alkanes of at least 4 members (excludes halogenated alkanes) is 3. The minimum absolute atomic E-state index is 0.0397. The lowest BCUT2D eigenvalue weighted by Gasteiger charge is -2.29. The average molecular weight is 440 g/mol. The van der Waals surface area contributed by atoms with Gasteiger partial charge in [-0.15, -0.1) is 0 Å².